The van der Waals surface area contributed by atoms with Crippen molar-refractivity contribution in [3.63, 3.8) is 0 Å². The highest BCUT2D eigenvalue weighted by Gasteiger charge is 2.27. The zero-order valence-electron chi connectivity index (χ0n) is 10.6. The molecule has 1 heterocycles. The Morgan fingerprint density at radius 2 is 2.17 bits per heavy atom. The van der Waals surface area contributed by atoms with Gasteiger partial charge in [-0.15, -0.1) is 0 Å². The zero-order chi connectivity index (χ0) is 13.0. The fourth-order valence-electron chi connectivity index (χ4n) is 2.32. The van der Waals surface area contributed by atoms with E-state index in [1.54, 1.807) is 0 Å². The van der Waals surface area contributed by atoms with Gasteiger partial charge in [0, 0.05) is 13.1 Å². The standard InChI is InChI=1S/C14H19NO3/c1-11-3-2-4-12(9-11)10-13(14(16)17)15-5-7-18-8-6-15/h2-4,9,13H,5-8,10H2,1H3,(H,16,17)/t13-/m0/s1. The molecule has 4 heteroatoms. The van der Waals surface area contributed by atoms with Gasteiger partial charge in [-0.3, -0.25) is 9.69 Å². The van der Waals surface area contributed by atoms with Crippen molar-refractivity contribution in [3.05, 3.63) is 35.4 Å². The lowest BCUT2D eigenvalue weighted by Gasteiger charge is -2.32. The van der Waals surface area contributed by atoms with E-state index in [1.807, 2.05) is 30.0 Å². The average molecular weight is 249 g/mol. The molecule has 1 aromatic rings. The predicted molar refractivity (Wildman–Crippen MR) is 68.7 cm³/mol. The maximum atomic E-state index is 11.4. The minimum absolute atomic E-state index is 0.448. The van der Waals surface area contributed by atoms with E-state index in [0.29, 0.717) is 32.7 Å². The second kappa shape index (κ2) is 5.98. The van der Waals surface area contributed by atoms with Gasteiger partial charge in [0.05, 0.1) is 13.2 Å². The van der Waals surface area contributed by atoms with Crippen LogP contribution in [0.2, 0.25) is 0 Å². The van der Waals surface area contributed by atoms with Crippen LogP contribution < -0.4 is 0 Å². The number of aliphatic carboxylic acids is 1. The van der Waals surface area contributed by atoms with E-state index in [-0.39, 0.29) is 0 Å². The predicted octanol–water partition coefficient (Wildman–Crippen LogP) is 1.32. The highest BCUT2D eigenvalue weighted by molar-refractivity contribution is 5.74. The third-order valence-electron chi connectivity index (χ3n) is 3.28. The Labute approximate surface area is 107 Å². The van der Waals surface area contributed by atoms with Gasteiger partial charge in [0.1, 0.15) is 6.04 Å². The molecule has 18 heavy (non-hydrogen) atoms. The van der Waals surface area contributed by atoms with E-state index in [9.17, 15) is 9.90 Å². The van der Waals surface area contributed by atoms with Crippen molar-refractivity contribution in [2.75, 3.05) is 26.3 Å². The second-order valence-corrected chi connectivity index (χ2v) is 4.70. The summed E-state index contributed by atoms with van der Waals surface area (Å²) in [6.07, 6.45) is 0.553. The normalized spacial score (nSPS) is 18.5. The Morgan fingerprint density at radius 3 is 2.78 bits per heavy atom. The summed E-state index contributed by atoms with van der Waals surface area (Å²) in [5.74, 6) is -0.751. The molecular formula is C14H19NO3. The third-order valence-corrected chi connectivity index (χ3v) is 3.28. The lowest BCUT2D eigenvalue weighted by atomic mass is 10.0. The molecule has 4 nitrogen and oxygen atoms in total. The average Bonchev–Trinajstić information content (AvgIpc) is 2.37. The van der Waals surface area contributed by atoms with Gasteiger partial charge < -0.3 is 9.84 Å². The van der Waals surface area contributed by atoms with Crippen LogP contribution in [0.25, 0.3) is 0 Å². The number of benzene rings is 1. The lowest BCUT2D eigenvalue weighted by Crippen LogP contribution is -2.48. The minimum Gasteiger partial charge on any atom is -0.480 e. The van der Waals surface area contributed by atoms with Gasteiger partial charge in [0.25, 0.3) is 0 Å². The zero-order valence-corrected chi connectivity index (χ0v) is 10.6. The lowest BCUT2D eigenvalue weighted by molar-refractivity contribution is -0.145. The molecular weight excluding hydrogens is 230 g/mol. The van der Waals surface area contributed by atoms with E-state index in [2.05, 4.69) is 6.07 Å². The van der Waals surface area contributed by atoms with Crippen LogP contribution in [0.4, 0.5) is 0 Å². The number of hydrogen-bond donors (Lipinski definition) is 1. The van der Waals surface area contributed by atoms with E-state index in [4.69, 9.17) is 4.74 Å². The molecule has 0 spiro atoms. The Morgan fingerprint density at radius 1 is 1.44 bits per heavy atom. The van der Waals surface area contributed by atoms with Crippen molar-refractivity contribution >= 4 is 5.97 Å². The smallest absolute Gasteiger partial charge is 0.321 e. The second-order valence-electron chi connectivity index (χ2n) is 4.70. The molecule has 1 aliphatic heterocycles. The van der Waals surface area contributed by atoms with Crippen molar-refractivity contribution in [1.29, 1.82) is 0 Å². The number of hydrogen-bond acceptors (Lipinski definition) is 3. The van der Waals surface area contributed by atoms with Crippen LogP contribution in [0.1, 0.15) is 11.1 Å². The van der Waals surface area contributed by atoms with Crippen molar-refractivity contribution < 1.29 is 14.6 Å². The molecule has 1 atom stereocenters. The van der Waals surface area contributed by atoms with Crippen molar-refractivity contribution in [2.45, 2.75) is 19.4 Å². The summed E-state index contributed by atoms with van der Waals surface area (Å²) in [4.78, 5) is 13.4. The Hall–Kier alpha value is -1.39. The summed E-state index contributed by atoms with van der Waals surface area (Å²) >= 11 is 0. The van der Waals surface area contributed by atoms with Crippen LogP contribution in [0, 0.1) is 6.92 Å². The topological polar surface area (TPSA) is 49.8 Å². The highest BCUT2D eigenvalue weighted by Crippen LogP contribution is 2.13. The highest BCUT2D eigenvalue weighted by atomic mass is 16.5. The number of rotatable bonds is 4. The Bertz CT molecular complexity index is 413. The molecule has 2 rings (SSSR count). The van der Waals surface area contributed by atoms with Gasteiger partial charge in [-0.05, 0) is 18.9 Å². The third kappa shape index (κ3) is 3.31. The first-order valence-electron chi connectivity index (χ1n) is 6.27. The summed E-state index contributed by atoms with van der Waals surface area (Å²) in [6.45, 7) is 4.66. The molecule has 1 saturated heterocycles. The Balaban J connectivity index is 2.08. The molecule has 0 radical (unpaired) electrons. The molecule has 1 aromatic carbocycles. The van der Waals surface area contributed by atoms with E-state index in [1.165, 1.54) is 5.56 Å². The number of ether oxygens (including phenoxy) is 1. The number of nitrogens with zero attached hydrogens (tertiary/aromatic N) is 1. The van der Waals surface area contributed by atoms with Crippen LogP contribution >= 0.6 is 0 Å². The number of carbonyl (C=O) groups is 1. The van der Waals surface area contributed by atoms with Crippen molar-refractivity contribution in [1.82, 2.24) is 4.90 Å². The van der Waals surface area contributed by atoms with E-state index < -0.39 is 12.0 Å². The van der Waals surface area contributed by atoms with Crippen LogP contribution in [0.15, 0.2) is 24.3 Å². The van der Waals surface area contributed by atoms with E-state index >= 15 is 0 Å². The number of carboxylic acids is 1. The number of carboxylic acid groups (broad SMARTS) is 1. The quantitative estimate of drug-likeness (QED) is 0.874. The molecule has 0 aliphatic carbocycles. The van der Waals surface area contributed by atoms with Gasteiger partial charge in [0.2, 0.25) is 0 Å². The summed E-state index contributed by atoms with van der Waals surface area (Å²) in [5.41, 5.74) is 2.24. The first-order valence-corrected chi connectivity index (χ1v) is 6.27. The van der Waals surface area contributed by atoms with Gasteiger partial charge in [-0.25, -0.2) is 0 Å². The molecule has 0 saturated carbocycles. The molecule has 0 bridgehead atoms. The molecule has 1 aliphatic rings. The molecule has 1 N–H and O–H groups in total. The van der Waals surface area contributed by atoms with Crippen LogP contribution in [-0.4, -0.2) is 48.3 Å². The first-order chi connectivity index (χ1) is 8.66. The maximum absolute atomic E-state index is 11.4. The number of morpholine rings is 1. The summed E-state index contributed by atoms with van der Waals surface area (Å²) in [6, 6.07) is 7.59. The first kappa shape index (κ1) is 13.1. The summed E-state index contributed by atoms with van der Waals surface area (Å²) < 4.78 is 5.26. The fourth-order valence-corrected chi connectivity index (χ4v) is 2.32. The molecule has 0 aromatic heterocycles. The van der Waals surface area contributed by atoms with Gasteiger partial charge >= 0.3 is 5.97 Å². The van der Waals surface area contributed by atoms with Crippen LogP contribution in [-0.2, 0) is 16.0 Å². The summed E-state index contributed by atoms with van der Waals surface area (Å²) in [5, 5.41) is 9.37. The van der Waals surface area contributed by atoms with Gasteiger partial charge in [-0.2, -0.15) is 0 Å². The maximum Gasteiger partial charge on any atom is 0.321 e. The molecule has 1 fully saturated rings. The SMILES string of the molecule is Cc1cccc(C[C@@H](C(=O)O)N2CCOCC2)c1. The van der Waals surface area contributed by atoms with Gasteiger partial charge in [0.15, 0.2) is 0 Å². The fraction of sp³-hybridized carbons (Fsp3) is 0.500. The van der Waals surface area contributed by atoms with E-state index in [0.717, 1.165) is 5.56 Å². The summed E-state index contributed by atoms with van der Waals surface area (Å²) in [7, 11) is 0. The van der Waals surface area contributed by atoms with Crippen molar-refractivity contribution in [2.24, 2.45) is 0 Å². The van der Waals surface area contributed by atoms with Crippen LogP contribution in [0.3, 0.4) is 0 Å². The molecule has 0 unspecified atom stereocenters. The number of aryl methyl sites for hydroxylation is 1. The minimum atomic E-state index is -0.751. The largest absolute Gasteiger partial charge is 0.480 e. The van der Waals surface area contributed by atoms with Gasteiger partial charge in [-0.1, -0.05) is 29.8 Å². The van der Waals surface area contributed by atoms with Crippen LogP contribution in [0.5, 0.6) is 0 Å². The Kier molecular flexibility index (Phi) is 4.33. The monoisotopic (exact) mass is 249 g/mol. The van der Waals surface area contributed by atoms with Crippen molar-refractivity contribution in [3.8, 4) is 0 Å². The molecule has 0 amide bonds. The molecule has 98 valence electrons.